The van der Waals surface area contributed by atoms with Gasteiger partial charge in [0.25, 0.3) is 0 Å². The summed E-state index contributed by atoms with van der Waals surface area (Å²) in [5, 5.41) is 9.69. The number of unbranched alkanes of at least 4 members (excludes halogenated alkanes) is 1. The fourth-order valence-electron chi connectivity index (χ4n) is 1.53. The maximum Gasteiger partial charge on any atom is 0.164 e. The summed E-state index contributed by atoms with van der Waals surface area (Å²) in [6, 6.07) is 3.70. The summed E-state index contributed by atoms with van der Waals surface area (Å²) < 4.78 is 36.7. The highest BCUT2D eigenvalue weighted by Crippen LogP contribution is 2.19. The van der Waals surface area contributed by atoms with Gasteiger partial charge in [-0.1, -0.05) is 25.5 Å². The van der Waals surface area contributed by atoms with E-state index in [-0.39, 0.29) is 12.2 Å². The van der Waals surface area contributed by atoms with E-state index < -0.39 is 17.7 Å². The highest BCUT2D eigenvalue weighted by atomic mass is 19.2. The average Bonchev–Trinajstić information content (AvgIpc) is 2.40. The van der Waals surface area contributed by atoms with Crippen LogP contribution in [0.15, 0.2) is 18.2 Å². The predicted octanol–water partition coefficient (Wildman–Crippen LogP) is 2.83. The molecule has 19 heavy (non-hydrogen) atoms. The number of aliphatic hydroxyl groups is 1. The van der Waals surface area contributed by atoms with Crippen LogP contribution in [-0.2, 0) is 9.47 Å². The Morgan fingerprint density at radius 2 is 1.89 bits per heavy atom. The van der Waals surface area contributed by atoms with Crippen LogP contribution in [0.1, 0.15) is 31.4 Å². The third-order valence-electron chi connectivity index (χ3n) is 2.63. The fraction of sp³-hybridized carbons (Fsp3) is 0.571. The number of rotatable bonds is 9. The van der Waals surface area contributed by atoms with E-state index in [1.165, 1.54) is 12.1 Å². The molecule has 108 valence electrons. The van der Waals surface area contributed by atoms with Gasteiger partial charge < -0.3 is 14.6 Å². The summed E-state index contributed by atoms with van der Waals surface area (Å²) in [6.45, 7) is 3.41. The van der Waals surface area contributed by atoms with E-state index >= 15 is 0 Å². The maximum atomic E-state index is 13.4. The summed E-state index contributed by atoms with van der Waals surface area (Å²) in [6.07, 6.45) is 0.890. The minimum absolute atomic E-state index is 0.0858. The van der Waals surface area contributed by atoms with Gasteiger partial charge in [0.05, 0.1) is 19.8 Å². The SMILES string of the molecule is CCCCOCCOCC(O)c1cccc(F)c1F. The molecule has 1 N–H and O–H groups in total. The van der Waals surface area contributed by atoms with Crippen LogP contribution in [0.5, 0.6) is 0 Å². The van der Waals surface area contributed by atoms with Crippen molar-refractivity contribution in [2.45, 2.75) is 25.9 Å². The van der Waals surface area contributed by atoms with Crippen LogP contribution in [0.25, 0.3) is 0 Å². The van der Waals surface area contributed by atoms with Gasteiger partial charge in [0.15, 0.2) is 11.6 Å². The number of halogens is 2. The zero-order valence-electron chi connectivity index (χ0n) is 11.1. The van der Waals surface area contributed by atoms with Gasteiger partial charge in [-0.2, -0.15) is 0 Å². The van der Waals surface area contributed by atoms with E-state index in [1.54, 1.807) is 0 Å². The van der Waals surface area contributed by atoms with Gasteiger partial charge >= 0.3 is 0 Å². The first kappa shape index (κ1) is 16.0. The first-order chi connectivity index (χ1) is 9.16. The Bertz CT molecular complexity index is 372. The molecule has 5 heteroatoms. The van der Waals surface area contributed by atoms with E-state index in [2.05, 4.69) is 6.92 Å². The molecule has 3 nitrogen and oxygen atoms in total. The first-order valence-electron chi connectivity index (χ1n) is 6.44. The molecule has 0 saturated carbocycles. The van der Waals surface area contributed by atoms with Crippen molar-refractivity contribution in [2.75, 3.05) is 26.4 Å². The van der Waals surface area contributed by atoms with Crippen LogP contribution in [0.4, 0.5) is 8.78 Å². The van der Waals surface area contributed by atoms with Crippen LogP contribution >= 0.6 is 0 Å². The summed E-state index contributed by atoms with van der Waals surface area (Å²) in [5.74, 6) is -2.00. The third-order valence-corrected chi connectivity index (χ3v) is 2.63. The Morgan fingerprint density at radius 3 is 2.63 bits per heavy atom. The molecule has 1 aromatic carbocycles. The maximum absolute atomic E-state index is 13.4. The van der Waals surface area contributed by atoms with Crippen LogP contribution in [0.2, 0.25) is 0 Å². The zero-order valence-corrected chi connectivity index (χ0v) is 11.1. The first-order valence-corrected chi connectivity index (χ1v) is 6.44. The van der Waals surface area contributed by atoms with Gasteiger partial charge in [-0.25, -0.2) is 8.78 Å². The molecule has 0 saturated heterocycles. The van der Waals surface area contributed by atoms with E-state index in [1.807, 2.05) is 0 Å². The Kier molecular flexibility index (Phi) is 7.55. The van der Waals surface area contributed by atoms with Crippen LogP contribution in [-0.4, -0.2) is 31.5 Å². The average molecular weight is 274 g/mol. The van der Waals surface area contributed by atoms with Crippen molar-refractivity contribution in [1.29, 1.82) is 0 Å². The summed E-state index contributed by atoms with van der Waals surface area (Å²) in [7, 11) is 0. The van der Waals surface area contributed by atoms with E-state index in [4.69, 9.17) is 9.47 Å². The normalized spacial score (nSPS) is 12.6. The minimum Gasteiger partial charge on any atom is -0.386 e. The molecule has 0 fully saturated rings. The van der Waals surface area contributed by atoms with Gasteiger partial charge in [-0.05, 0) is 12.5 Å². The second-order valence-corrected chi connectivity index (χ2v) is 4.20. The van der Waals surface area contributed by atoms with Crippen molar-refractivity contribution in [3.63, 3.8) is 0 Å². The molecule has 0 spiro atoms. The van der Waals surface area contributed by atoms with Gasteiger partial charge in [0.2, 0.25) is 0 Å². The Morgan fingerprint density at radius 1 is 1.16 bits per heavy atom. The lowest BCUT2D eigenvalue weighted by molar-refractivity contribution is 0.00157. The van der Waals surface area contributed by atoms with Gasteiger partial charge in [0, 0.05) is 12.2 Å². The lowest BCUT2D eigenvalue weighted by Crippen LogP contribution is -2.13. The van der Waals surface area contributed by atoms with Crippen molar-refractivity contribution in [1.82, 2.24) is 0 Å². The van der Waals surface area contributed by atoms with Crippen molar-refractivity contribution < 1.29 is 23.4 Å². The van der Waals surface area contributed by atoms with Crippen molar-refractivity contribution in [3.8, 4) is 0 Å². The molecule has 1 aromatic rings. The molecule has 0 aliphatic carbocycles. The second kappa shape index (κ2) is 8.96. The Hall–Kier alpha value is -1.04. The molecular weight excluding hydrogens is 254 g/mol. The Labute approximate surface area is 112 Å². The topological polar surface area (TPSA) is 38.7 Å². The van der Waals surface area contributed by atoms with Crippen LogP contribution in [0, 0.1) is 11.6 Å². The zero-order chi connectivity index (χ0) is 14.1. The van der Waals surface area contributed by atoms with Gasteiger partial charge in [-0.15, -0.1) is 0 Å². The number of hydrogen-bond acceptors (Lipinski definition) is 3. The fourth-order valence-corrected chi connectivity index (χ4v) is 1.53. The molecule has 0 heterocycles. The van der Waals surface area contributed by atoms with Gasteiger partial charge in [-0.3, -0.25) is 0 Å². The minimum atomic E-state index is -1.17. The van der Waals surface area contributed by atoms with E-state index in [9.17, 15) is 13.9 Å². The quantitative estimate of drug-likeness (QED) is 0.704. The van der Waals surface area contributed by atoms with Crippen LogP contribution in [0.3, 0.4) is 0 Å². The highest BCUT2D eigenvalue weighted by Gasteiger charge is 2.15. The summed E-state index contributed by atoms with van der Waals surface area (Å²) >= 11 is 0. The molecule has 1 atom stereocenters. The Balaban J connectivity index is 2.24. The monoisotopic (exact) mass is 274 g/mol. The van der Waals surface area contributed by atoms with Gasteiger partial charge in [0.1, 0.15) is 6.10 Å². The largest absolute Gasteiger partial charge is 0.386 e. The summed E-state index contributed by atoms with van der Waals surface area (Å²) in [4.78, 5) is 0. The molecule has 0 amide bonds. The van der Waals surface area contributed by atoms with E-state index in [0.717, 1.165) is 18.9 Å². The lowest BCUT2D eigenvalue weighted by Gasteiger charge is -2.12. The molecule has 0 radical (unpaired) electrons. The lowest BCUT2D eigenvalue weighted by atomic mass is 10.1. The van der Waals surface area contributed by atoms with E-state index in [0.29, 0.717) is 19.8 Å². The smallest absolute Gasteiger partial charge is 0.164 e. The number of hydrogen-bond donors (Lipinski definition) is 1. The number of benzene rings is 1. The molecule has 1 unspecified atom stereocenters. The van der Waals surface area contributed by atoms with Crippen molar-refractivity contribution >= 4 is 0 Å². The number of ether oxygens (including phenoxy) is 2. The van der Waals surface area contributed by atoms with Crippen molar-refractivity contribution in [2.24, 2.45) is 0 Å². The number of aliphatic hydroxyl groups excluding tert-OH is 1. The predicted molar refractivity (Wildman–Crippen MR) is 67.9 cm³/mol. The van der Waals surface area contributed by atoms with Crippen LogP contribution < -0.4 is 0 Å². The summed E-state index contributed by atoms with van der Waals surface area (Å²) in [5.41, 5.74) is -0.0908. The molecule has 0 aromatic heterocycles. The molecular formula is C14H20F2O3. The second-order valence-electron chi connectivity index (χ2n) is 4.20. The highest BCUT2D eigenvalue weighted by molar-refractivity contribution is 5.21. The molecule has 0 aliphatic rings. The molecule has 1 rings (SSSR count). The standard InChI is InChI=1S/C14H20F2O3/c1-2-3-7-18-8-9-19-10-13(17)11-5-4-6-12(15)14(11)16/h4-6,13,17H,2-3,7-10H2,1H3. The third kappa shape index (κ3) is 5.63. The molecule has 0 bridgehead atoms. The van der Waals surface area contributed by atoms with Crippen molar-refractivity contribution in [3.05, 3.63) is 35.4 Å². The molecule has 0 aliphatic heterocycles.